The molecule has 9 heteroatoms. The highest BCUT2D eigenvalue weighted by molar-refractivity contribution is 5.92. The molecule has 0 atom stereocenters. The molecular formula is C27H25N3O6. The SMILES string of the molecule is COc1cc(C=NNC(=O)c2ccc(COc3ccc(-n4c(C)ccc4C)cc3)o2)cc2c1OCO2. The minimum Gasteiger partial charge on any atom is -0.493 e. The summed E-state index contributed by atoms with van der Waals surface area (Å²) in [4.78, 5) is 12.4. The van der Waals surface area contributed by atoms with E-state index < -0.39 is 5.91 Å². The topological polar surface area (TPSA) is 96.5 Å². The van der Waals surface area contributed by atoms with E-state index in [1.807, 2.05) is 24.3 Å². The van der Waals surface area contributed by atoms with Crippen LogP contribution in [0.25, 0.3) is 5.69 Å². The summed E-state index contributed by atoms with van der Waals surface area (Å²) in [6.07, 6.45) is 1.48. The van der Waals surface area contributed by atoms with Crippen molar-refractivity contribution in [2.24, 2.45) is 5.10 Å². The van der Waals surface area contributed by atoms with E-state index in [1.54, 1.807) is 31.4 Å². The van der Waals surface area contributed by atoms with Crippen molar-refractivity contribution in [3.63, 3.8) is 0 Å². The molecule has 0 unspecified atom stereocenters. The van der Waals surface area contributed by atoms with Crippen LogP contribution in [0.15, 0.2) is 70.2 Å². The van der Waals surface area contributed by atoms with Gasteiger partial charge in [0, 0.05) is 22.6 Å². The average Bonchev–Trinajstić information content (AvgIpc) is 3.63. The van der Waals surface area contributed by atoms with Crippen molar-refractivity contribution < 1.29 is 28.2 Å². The zero-order valence-electron chi connectivity index (χ0n) is 20.1. The molecule has 0 spiro atoms. The third-order valence-electron chi connectivity index (χ3n) is 5.69. The summed E-state index contributed by atoms with van der Waals surface area (Å²) >= 11 is 0. The lowest BCUT2D eigenvalue weighted by molar-refractivity contribution is 0.0923. The van der Waals surface area contributed by atoms with Crippen molar-refractivity contribution in [3.05, 3.63) is 89.1 Å². The lowest BCUT2D eigenvalue weighted by Gasteiger charge is -2.10. The van der Waals surface area contributed by atoms with Crippen LogP contribution in [0.1, 0.15) is 33.3 Å². The molecule has 3 heterocycles. The number of methoxy groups -OCH3 is 1. The van der Waals surface area contributed by atoms with Gasteiger partial charge in [-0.25, -0.2) is 5.43 Å². The number of amides is 1. The molecule has 184 valence electrons. The third kappa shape index (κ3) is 4.76. The van der Waals surface area contributed by atoms with Crippen LogP contribution in [0, 0.1) is 13.8 Å². The molecule has 9 nitrogen and oxygen atoms in total. The predicted molar refractivity (Wildman–Crippen MR) is 132 cm³/mol. The fourth-order valence-corrected chi connectivity index (χ4v) is 3.94. The van der Waals surface area contributed by atoms with Crippen LogP contribution >= 0.6 is 0 Å². The molecule has 1 aliphatic rings. The molecular weight excluding hydrogens is 462 g/mol. The van der Waals surface area contributed by atoms with Crippen LogP contribution in [0.5, 0.6) is 23.0 Å². The van der Waals surface area contributed by atoms with Gasteiger partial charge in [-0.15, -0.1) is 0 Å². The summed E-state index contributed by atoms with van der Waals surface area (Å²) in [6.45, 7) is 4.46. The van der Waals surface area contributed by atoms with Gasteiger partial charge in [0.2, 0.25) is 12.5 Å². The van der Waals surface area contributed by atoms with Crippen LogP contribution in [-0.2, 0) is 6.61 Å². The maximum atomic E-state index is 12.4. The van der Waals surface area contributed by atoms with E-state index in [-0.39, 0.29) is 19.2 Å². The molecule has 0 aliphatic carbocycles. The monoisotopic (exact) mass is 487 g/mol. The summed E-state index contributed by atoms with van der Waals surface area (Å²) in [7, 11) is 1.54. The number of rotatable bonds is 8. The summed E-state index contributed by atoms with van der Waals surface area (Å²) < 4.78 is 29.7. The van der Waals surface area contributed by atoms with Gasteiger partial charge in [0.05, 0.1) is 13.3 Å². The maximum Gasteiger partial charge on any atom is 0.307 e. The quantitative estimate of drug-likeness (QED) is 0.284. The smallest absolute Gasteiger partial charge is 0.307 e. The largest absolute Gasteiger partial charge is 0.493 e. The van der Waals surface area contributed by atoms with Gasteiger partial charge in [-0.1, -0.05) is 0 Å². The first-order valence-corrected chi connectivity index (χ1v) is 11.3. The zero-order chi connectivity index (χ0) is 25.1. The van der Waals surface area contributed by atoms with Crippen molar-refractivity contribution in [1.82, 2.24) is 9.99 Å². The molecule has 4 aromatic rings. The number of hydrogen-bond donors (Lipinski definition) is 1. The Labute approximate surface area is 207 Å². The molecule has 1 amide bonds. The number of nitrogens with one attached hydrogen (secondary N) is 1. The van der Waals surface area contributed by atoms with E-state index in [9.17, 15) is 4.79 Å². The fourth-order valence-electron chi connectivity index (χ4n) is 3.94. The minimum atomic E-state index is -0.480. The molecule has 0 radical (unpaired) electrons. The highest BCUT2D eigenvalue weighted by Crippen LogP contribution is 2.41. The van der Waals surface area contributed by atoms with E-state index in [2.05, 4.69) is 41.1 Å². The number of carbonyl (C=O) groups is 1. The van der Waals surface area contributed by atoms with Gasteiger partial charge < -0.3 is 27.9 Å². The van der Waals surface area contributed by atoms with Crippen molar-refractivity contribution >= 4 is 12.1 Å². The second-order valence-corrected chi connectivity index (χ2v) is 8.16. The van der Waals surface area contributed by atoms with Gasteiger partial charge in [0.25, 0.3) is 0 Å². The number of benzene rings is 2. The fraction of sp³-hybridized carbons (Fsp3) is 0.185. The normalized spacial score (nSPS) is 12.2. The van der Waals surface area contributed by atoms with Crippen molar-refractivity contribution in [3.8, 4) is 28.7 Å². The van der Waals surface area contributed by atoms with E-state index in [4.69, 9.17) is 23.4 Å². The summed E-state index contributed by atoms with van der Waals surface area (Å²) in [5.74, 6) is 2.50. The molecule has 36 heavy (non-hydrogen) atoms. The van der Waals surface area contributed by atoms with Crippen molar-refractivity contribution in [2.45, 2.75) is 20.5 Å². The second-order valence-electron chi connectivity index (χ2n) is 8.16. The Morgan fingerprint density at radius 3 is 2.58 bits per heavy atom. The van der Waals surface area contributed by atoms with Crippen molar-refractivity contribution in [2.75, 3.05) is 13.9 Å². The van der Waals surface area contributed by atoms with E-state index >= 15 is 0 Å². The van der Waals surface area contributed by atoms with Gasteiger partial charge in [-0.2, -0.15) is 5.10 Å². The number of ether oxygens (including phenoxy) is 4. The molecule has 2 aromatic carbocycles. The third-order valence-corrected chi connectivity index (χ3v) is 5.69. The van der Waals surface area contributed by atoms with Crippen LogP contribution in [0.4, 0.5) is 0 Å². The molecule has 2 aromatic heterocycles. The summed E-state index contributed by atoms with van der Waals surface area (Å²) in [5, 5.41) is 3.99. The molecule has 0 saturated carbocycles. The average molecular weight is 488 g/mol. The van der Waals surface area contributed by atoms with Crippen LogP contribution in [0.3, 0.4) is 0 Å². The molecule has 0 fully saturated rings. The van der Waals surface area contributed by atoms with Crippen molar-refractivity contribution in [1.29, 1.82) is 0 Å². The Morgan fingerprint density at radius 1 is 1.06 bits per heavy atom. The maximum absolute atomic E-state index is 12.4. The zero-order valence-corrected chi connectivity index (χ0v) is 20.1. The molecule has 0 bridgehead atoms. The molecule has 1 N–H and O–H groups in total. The Morgan fingerprint density at radius 2 is 1.83 bits per heavy atom. The van der Waals surface area contributed by atoms with E-state index in [0.717, 1.165) is 5.69 Å². The lowest BCUT2D eigenvalue weighted by Crippen LogP contribution is -2.16. The van der Waals surface area contributed by atoms with E-state index in [1.165, 1.54) is 17.6 Å². The van der Waals surface area contributed by atoms with Crippen LogP contribution in [-0.4, -0.2) is 30.6 Å². The minimum absolute atomic E-state index is 0.128. The van der Waals surface area contributed by atoms with Crippen LogP contribution < -0.4 is 24.4 Å². The molecule has 5 rings (SSSR count). The first-order valence-electron chi connectivity index (χ1n) is 11.3. The highest BCUT2D eigenvalue weighted by atomic mass is 16.7. The van der Waals surface area contributed by atoms with Gasteiger partial charge in [0.15, 0.2) is 17.3 Å². The Kier molecular flexibility index (Phi) is 6.36. The Hall–Kier alpha value is -4.66. The van der Waals surface area contributed by atoms with Gasteiger partial charge >= 0.3 is 5.91 Å². The first-order chi connectivity index (χ1) is 17.5. The van der Waals surface area contributed by atoms with E-state index in [0.29, 0.717) is 34.3 Å². The summed E-state index contributed by atoms with van der Waals surface area (Å²) in [6, 6.07) is 18.8. The van der Waals surface area contributed by atoms with Gasteiger partial charge in [-0.05, 0) is 74.5 Å². The lowest BCUT2D eigenvalue weighted by atomic mass is 10.2. The first kappa shape index (κ1) is 23.1. The Balaban J connectivity index is 1.16. The number of furan rings is 1. The number of carbonyl (C=O) groups excluding carboxylic acids is 1. The molecule has 0 saturated heterocycles. The number of hydrazone groups is 1. The number of hydrogen-bond acceptors (Lipinski definition) is 7. The number of nitrogens with zero attached hydrogens (tertiary/aromatic N) is 2. The number of fused-ring (bicyclic) bond motifs is 1. The predicted octanol–water partition coefficient (Wildman–Crippen LogP) is 4.77. The number of aromatic nitrogens is 1. The second kappa shape index (κ2) is 9.91. The van der Waals surface area contributed by atoms with Crippen LogP contribution in [0.2, 0.25) is 0 Å². The Bertz CT molecular complexity index is 1400. The number of aryl methyl sites for hydroxylation is 2. The highest BCUT2D eigenvalue weighted by Gasteiger charge is 2.19. The van der Waals surface area contributed by atoms with Gasteiger partial charge in [0.1, 0.15) is 18.1 Å². The molecule has 1 aliphatic heterocycles. The standard InChI is InChI=1S/C27H25N3O6/c1-17-4-5-18(2)30(17)20-6-8-21(9-7-20)33-15-22-10-11-23(36-22)27(31)29-28-14-19-12-24(32-3)26-25(13-19)34-16-35-26/h4-14H,15-16H2,1-3H3,(H,29,31). The van der Waals surface area contributed by atoms with Gasteiger partial charge in [-0.3, -0.25) is 4.79 Å². The summed E-state index contributed by atoms with van der Waals surface area (Å²) in [5.41, 5.74) is 6.53.